The highest BCUT2D eigenvalue weighted by Gasteiger charge is 2.18. The van der Waals surface area contributed by atoms with Crippen molar-refractivity contribution in [3.05, 3.63) is 59.2 Å². The van der Waals surface area contributed by atoms with Crippen LogP contribution in [0, 0.1) is 0 Å². The van der Waals surface area contributed by atoms with E-state index in [-0.39, 0.29) is 0 Å². The molecule has 0 unspecified atom stereocenters. The standard InChI is InChI=1S/C18H20O/c1-18(2,19)10-9-13-7-8-17-15(11-13)12-14-5-3-4-6-16(14)17/h3-8,11,19H,9-10,12H2,1-2H3. The van der Waals surface area contributed by atoms with E-state index in [2.05, 4.69) is 42.5 Å². The summed E-state index contributed by atoms with van der Waals surface area (Å²) in [5.74, 6) is 0. The van der Waals surface area contributed by atoms with Gasteiger partial charge in [0.05, 0.1) is 5.60 Å². The van der Waals surface area contributed by atoms with Crippen LogP contribution in [0.3, 0.4) is 0 Å². The Kier molecular flexibility index (Phi) is 2.94. The van der Waals surface area contributed by atoms with E-state index in [4.69, 9.17) is 0 Å². The maximum absolute atomic E-state index is 9.81. The predicted octanol–water partition coefficient (Wildman–Crippen LogP) is 3.96. The van der Waals surface area contributed by atoms with Gasteiger partial charge in [0.2, 0.25) is 0 Å². The molecule has 98 valence electrons. The molecule has 3 rings (SSSR count). The van der Waals surface area contributed by atoms with Gasteiger partial charge in [-0.15, -0.1) is 0 Å². The number of fused-ring (bicyclic) bond motifs is 3. The highest BCUT2D eigenvalue weighted by Crippen LogP contribution is 2.36. The zero-order valence-electron chi connectivity index (χ0n) is 11.6. The first-order chi connectivity index (χ1) is 9.03. The van der Waals surface area contributed by atoms with Crippen LogP contribution in [0.2, 0.25) is 0 Å². The Morgan fingerprint density at radius 2 is 1.74 bits per heavy atom. The SMILES string of the molecule is CC(C)(O)CCc1ccc2c(c1)Cc1ccccc1-2. The van der Waals surface area contributed by atoms with Gasteiger partial charge in [0.15, 0.2) is 0 Å². The lowest BCUT2D eigenvalue weighted by atomic mass is 9.96. The molecule has 1 aliphatic carbocycles. The summed E-state index contributed by atoms with van der Waals surface area (Å²) in [6.45, 7) is 3.74. The van der Waals surface area contributed by atoms with E-state index in [0.717, 1.165) is 19.3 Å². The molecule has 2 aromatic rings. The van der Waals surface area contributed by atoms with Crippen LogP contribution in [0.1, 0.15) is 37.0 Å². The smallest absolute Gasteiger partial charge is 0.0594 e. The van der Waals surface area contributed by atoms with Crippen LogP contribution in [-0.4, -0.2) is 10.7 Å². The van der Waals surface area contributed by atoms with Crippen molar-refractivity contribution in [1.82, 2.24) is 0 Å². The van der Waals surface area contributed by atoms with Crippen molar-refractivity contribution >= 4 is 0 Å². The molecule has 0 spiro atoms. The van der Waals surface area contributed by atoms with Crippen LogP contribution in [0.5, 0.6) is 0 Å². The second-order valence-electron chi connectivity index (χ2n) is 6.14. The molecule has 0 aromatic heterocycles. The molecule has 0 saturated carbocycles. The fraction of sp³-hybridized carbons (Fsp3) is 0.333. The normalized spacial score (nSPS) is 13.2. The summed E-state index contributed by atoms with van der Waals surface area (Å²) in [4.78, 5) is 0. The summed E-state index contributed by atoms with van der Waals surface area (Å²) >= 11 is 0. The first kappa shape index (κ1) is 12.4. The van der Waals surface area contributed by atoms with Crippen molar-refractivity contribution in [2.75, 3.05) is 0 Å². The van der Waals surface area contributed by atoms with E-state index in [1.807, 2.05) is 13.8 Å². The molecule has 19 heavy (non-hydrogen) atoms. The van der Waals surface area contributed by atoms with E-state index >= 15 is 0 Å². The highest BCUT2D eigenvalue weighted by atomic mass is 16.3. The van der Waals surface area contributed by atoms with Gasteiger partial charge >= 0.3 is 0 Å². The molecule has 1 aliphatic rings. The fourth-order valence-corrected chi connectivity index (χ4v) is 2.80. The van der Waals surface area contributed by atoms with Gasteiger partial charge < -0.3 is 5.11 Å². The van der Waals surface area contributed by atoms with E-state index in [1.54, 1.807) is 0 Å². The third-order valence-electron chi connectivity index (χ3n) is 3.88. The first-order valence-corrected chi connectivity index (χ1v) is 6.95. The third kappa shape index (κ3) is 2.57. The maximum Gasteiger partial charge on any atom is 0.0594 e. The number of aryl methyl sites for hydroxylation is 1. The number of rotatable bonds is 3. The zero-order valence-corrected chi connectivity index (χ0v) is 11.6. The van der Waals surface area contributed by atoms with E-state index in [0.29, 0.717) is 0 Å². The van der Waals surface area contributed by atoms with Crippen molar-refractivity contribution in [2.45, 2.75) is 38.7 Å². The van der Waals surface area contributed by atoms with Crippen LogP contribution in [0.15, 0.2) is 42.5 Å². The van der Waals surface area contributed by atoms with Crippen molar-refractivity contribution in [2.24, 2.45) is 0 Å². The van der Waals surface area contributed by atoms with E-state index < -0.39 is 5.60 Å². The van der Waals surface area contributed by atoms with E-state index in [1.165, 1.54) is 27.8 Å². The van der Waals surface area contributed by atoms with Crippen LogP contribution in [-0.2, 0) is 12.8 Å². The molecule has 0 atom stereocenters. The molecule has 0 saturated heterocycles. The van der Waals surface area contributed by atoms with Gasteiger partial charge in [0.1, 0.15) is 0 Å². The minimum Gasteiger partial charge on any atom is -0.390 e. The molecular weight excluding hydrogens is 232 g/mol. The molecule has 0 bridgehead atoms. The summed E-state index contributed by atoms with van der Waals surface area (Å²) in [7, 11) is 0. The summed E-state index contributed by atoms with van der Waals surface area (Å²) in [5.41, 5.74) is 6.36. The lowest BCUT2D eigenvalue weighted by Gasteiger charge is -2.16. The molecule has 1 nitrogen and oxygen atoms in total. The lowest BCUT2D eigenvalue weighted by molar-refractivity contribution is 0.0714. The summed E-state index contributed by atoms with van der Waals surface area (Å²) in [6.07, 6.45) is 2.79. The first-order valence-electron chi connectivity index (χ1n) is 6.95. The minimum atomic E-state index is -0.581. The molecule has 1 N–H and O–H groups in total. The van der Waals surface area contributed by atoms with Crippen molar-refractivity contribution < 1.29 is 5.11 Å². The zero-order chi connectivity index (χ0) is 13.5. The highest BCUT2D eigenvalue weighted by molar-refractivity contribution is 5.76. The second kappa shape index (κ2) is 4.50. The van der Waals surface area contributed by atoms with Gasteiger partial charge in [-0.25, -0.2) is 0 Å². The molecule has 2 aromatic carbocycles. The lowest BCUT2D eigenvalue weighted by Crippen LogP contribution is -2.19. The van der Waals surface area contributed by atoms with Crippen LogP contribution in [0.4, 0.5) is 0 Å². The number of hydrogen-bond donors (Lipinski definition) is 1. The largest absolute Gasteiger partial charge is 0.390 e. The summed E-state index contributed by atoms with van der Waals surface area (Å²) < 4.78 is 0. The molecule has 0 amide bonds. The van der Waals surface area contributed by atoms with Crippen LogP contribution >= 0.6 is 0 Å². The predicted molar refractivity (Wildman–Crippen MR) is 79.3 cm³/mol. The molecule has 0 heterocycles. The Morgan fingerprint density at radius 1 is 1.00 bits per heavy atom. The van der Waals surface area contributed by atoms with Crippen LogP contribution in [0.25, 0.3) is 11.1 Å². The van der Waals surface area contributed by atoms with Gasteiger partial charge in [0.25, 0.3) is 0 Å². The molecule has 0 radical (unpaired) electrons. The van der Waals surface area contributed by atoms with Crippen molar-refractivity contribution in [3.8, 4) is 11.1 Å². The Bertz CT molecular complexity index is 605. The summed E-state index contributed by atoms with van der Waals surface area (Å²) in [6, 6.07) is 15.4. The molecule has 1 heteroatoms. The number of hydrogen-bond acceptors (Lipinski definition) is 1. The van der Waals surface area contributed by atoms with Gasteiger partial charge in [0, 0.05) is 0 Å². The Morgan fingerprint density at radius 3 is 2.53 bits per heavy atom. The Balaban J connectivity index is 1.85. The van der Waals surface area contributed by atoms with Crippen molar-refractivity contribution in [1.29, 1.82) is 0 Å². The average molecular weight is 252 g/mol. The fourth-order valence-electron chi connectivity index (χ4n) is 2.80. The quantitative estimate of drug-likeness (QED) is 0.748. The maximum atomic E-state index is 9.81. The van der Waals surface area contributed by atoms with E-state index in [9.17, 15) is 5.11 Å². The molecular formula is C18H20O. The second-order valence-corrected chi connectivity index (χ2v) is 6.14. The minimum absolute atomic E-state index is 0.581. The molecule has 0 aliphatic heterocycles. The summed E-state index contributed by atoms with van der Waals surface area (Å²) in [5, 5.41) is 9.81. The van der Waals surface area contributed by atoms with Gasteiger partial charge in [-0.2, -0.15) is 0 Å². The number of benzene rings is 2. The van der Waals surface area contributed by atoms with Gasteiger partial charge in [-0.05, 0) is 60.9 Å². The van der Waals surface area contributed by atoms with Crippen molar-refractivity contribution in [3.63, 3.8) is 0 Å². The Labute approximate surface area is 114 Å². The topological polar surface area (TPSA) is 20.2 Å². The Hall–Kier alpha value is -1.60. The molecule has 0 fully saturated rings. The monoisotopic (exact) mass is 252 g/mol. The van der Waals surface area contributed by atoms with Crippen LogP contribution < -0.4 is 0 Å². The average Bonchev–Trinajstić information content (AvgIpc) is 2.73. The van der Waals surface area contributed by atoms with Gasteiger partial charge in [-0.1, -0.05) is 42.5 Å². The third-order valence-corrected chi connectivity index (χ3v) is 3.88. The van der Waals surface area contributed by atoms with Gasteiger partial charge in [-0.3, -0.25) is 0 Å². The number of aliphatic hydroxyl groups is 1.